The number of rotatable bonds is 4. The van der Waals surface area contributed by atoms with Gasteiger partial charge in [-0.2, -0.15) is 5.10 Å². The van der Waals surface area contributed by atoms with Crippen LogP contribution in [0.3, 0.4) is 0 Å². The van der Waals surface area contributed by atoms with Crippen molar-refractivity contribution in [3.63, 3.8) is 0 Å². The van der Waals surface area contributed by atoms with Crippen molar-refractivity contribution in [2.75, 3.05) is 0 Å². The summed E-state index contributed by atoms with van der Waals surface area (Å²) in [5, 5.41) is 5.47. The molecule has 1 aromatic carbocycles. The molecule has 0 aliphatic carbocycles. The van der Waals surface area contributed by atoms with Crippen LogP contribution in [0.2, 0.25) is 0 Å². The minimum atomic E-state index is -3.66. The molecule has 1 aliphatic heterocycles. The molecule has 7 nitrogen and oxygen atoms in total. The molecule has 0 unspecified atom stereocenters. The molecule has 0 atom stereocenters. The highest BCUT2D eigenvalue weighted by molar-refractivity contribution is 7.89. The zero-order valence-electron chi connectivity index (χ0n) is 13.5. The van der Waals surface area contributed by atoms with Gasteiger partial charge in [0.05, 0.1) is 11.9 Å². The van der Waals surface area contributed by atoms with Gasteiger partial charge in [0, 0.05) is 24.7 Å². The molecule has 130 valence electrons. The molecule has 0 spiro atoms. The lowest BCUT2D eigenvalue weighted by Crippen LogP contribution is -2.25. The number of fused-ring (bicyclic) bond motifs is 2. The van der Waals surface area contributed by atoms with Gasteiger partial charge in [0.25, 0.3) is 5.56 Å². The maximum absolute atomic E-state index is 12.7. The number of pyridine rings is 1. The van der Waals surface area contributed by atoms with E-state index in [9.17, 15) is 13.2 Å². The van der Waals surface area contributed by atoms with Crippen molar-refractivity contribution in [3.05, 3.63) is 58.3 Å². The molecule has 0 radical (unpaired) electrons. The minimum Gasteiger partial charge on any atom is -0.328 e. The minimum absolute atomic E-state index is 0.101. The number of sulfonamides is 1. The highest BCUT2D eigenvalue weighted by Crippen LogP contribution is 2.22. The number of benzene rings is 1. The van der Waals surface area contributed by atoms with Crippen molar-refractivity contribution in [1.82, 2.24) is 19.5 Å². The van der Waals surface area contributed by atoms with E-state index in [4.69, 9.17) is 0 Å². The van der Waals surface area contributed by atoms with E-state index >= 15 is 0 Å². The van der Waals surface area contributed by atoms with Crippen molar-refractivity contribution in [2.24, 2.45) is 0 Å². The molecule has 0 saturated carbocycles. The number of nitrogens with one attached hydrogen (secondary N) is 2. The van der Waals surface area contributed by atoms with E-state index in [1.54, 1.807) is 23.0 Å². The Morgan fingerprint density at radius 3 is 2.84 bits per heavy atom. The Hall–Kier alpha value is -2.45. The second kappa shape index (κ2) is 6.12. The molecule has 2 aromatic heterocycles. The maximum atomic E-state index is 12.7. The molecule has 4 rings (SSSR count). The van der Waals surface area contributed by atoms with Crippen LogP contribution >= 0.6 is 0 Å². The summed E-state index contributed by atoms with van der Waals surface area (Å²) in [5.74, 6) is 0. The monoisotopic (exact) mass is 358 g/mol. The van der Waals surface area contributed by atoms with Gasteiger partial charge in [0.15, 0.2) is 0 Å². The van der Waals surface area contributed by atoms with E-state index in [2.05, 4.69) is 14.8 Å². The van der Waals surface area contributed by atoms with Crippen LogP contribution in [-0.4, -0.2) is 23.2 Å². The van der Waals surface area contributed by atoms with Crippen molar-refractivity contribution in [1.29, 1.82) is 0 Å². The molecule has 0 fully saturated rings. The Morgan fingerprint density at radius 2 is 2.00 bits per heavy atom. The zero-order chi connectivity index (χ0) is 17.4. The van der Waals surface area contributed by atoms with Crippen molar-refractivity contribution in [3.8, 4) is 0 Å². The van der Waals surface area contributed by atoms with E-state index in [0.29, 0.717) is 5.39 Å². The summed E-state index contributed by atoms with van der Waals surface area (Å²) >= 11 is 0. The van der Waals surface area contributed by atoms with Crippen LogP contribution in [0.1, 0.15) is 24.1 Å². The number of hydrogen-bond acceptors (Lipinski definition) is 4. The highest BCUT2D eigenvalue weighted by atomic mass is 32.2. The smallest absolute Gasteiger partial charge is 0.255 e. The summed E-state index contributed by atoms with van der Waals surface area (Å²) in [4.78, 5) is 14.8. The summed E-state index contributed by atoms with van der Waals surface area (Å²) < 4.78 is 29.8. The van der Waals surface area contributed by atoms with Gasteiger partial charge in [-0.15, -0.1) is 0 Å². The maximum Gasteiger partial charge on any atom is 0.255 e. The summed E-state index contributed by atoms with van der Waals surface area (Å²) in [5.41, 5.74) is 1.30. The first-order valence-electron chi connectivity index (χ1n) is 8.20. The topological polar surface area (TPSA) is 96.8 Å². The molecule has 0 saturated heterocycles. The number of nitrogens with zero attached hydrogens (tertiary/aromatic N) is 2. The van der Waals surface area contributed by atoms with E-state index in [-0.39, 0.29) is 17.0 Å². The number of aromatic amines is 1. The van der Waals surface area contributed by atoms with E-state index in [1.807, 2.05) is 12.1 Å². The first kappa shape index (κ1) is 16.0. The van der Waals surface area contributed by atoms with Gasteiger partial charge >= 0.3 is 0 Å². The Balaban J connectivity index is 1.64. The Kier molecular flexibility index (Phi) is 3.93. The second-order valence-electron chi connectivity index (χ2n) is 6.15. The fraction of sp³-hybridized carbons (Fsp3) is 0.294. The number of aromatic nitrogens is 3. The van der Waals surface area contributed by atoms with Crippen LogP contribution in [0.5, 0.6) is 0 Å². The quantitative estimate of drug-likeness (QED) is 0.739. The van der Waals surface area contributed by atoms with E-state index in [1.165, 1.54) is 6.20 Å². The first-order chi connectivity index (χ1) is 12.1. The molecule has 0 amide bonds. The van der Waals surface area contributed by atoms with Gasteiger partial charge in [0.1, 0.15) is 4.90 Å². The third-order valence-electron chi connectivity index (χ3n) is 4.58. The molecular weight excluding hydrogens is 340 g/mol. The number of hydrogen-bond donors (Lipinski definition) is 2. The SMILES string of the molecule is O=c1[nH]cc(CNS(=O)(=O)c2cnn3c2CCCC3)c2ccccc12. The molecular formula is C17H18N4O3S. The molecule has 0 bridgehead atoms. The summed E-state index contributed by atoms with van der Waals surface area (Å²) in [6.45, 7) is 0.861. The van der Waals surface area contributed by atoms with Crippen molar-refractivity contribution < 1.29 is 8.42 Å². The fourth-order valence-electron chi connectivity index (χ4n) is 3.28. The van der Waals surface area contributed by atoms with Crippen LogP contribution in [0.25, 0.3) is 10.8 Å². The molecule has 25 heavy (non-hydrogen) atoms. The molecule has 1 aliphatic rings. The molecule has 8 heteroatoms. The van der Waals surface area contributed by atoms with Crippen molar-refractivity contribution in [2.45, 2.75) is 37.2 Å². The Bertz CT molecular complexity index is 1100. The van der Waals surface area contributed by atoms with Crippen LogP contribution in [-0.2, 0) is 29.5 Å². The normalized spacial score (nSPS) is 14.6. The van der Waals surface area contributed by atoms with Gasteiger partial charge in [-0.3, -0.25) is 9.48 Å². The largest absolute Gasteiger partial charge is 0.328 e. The lowest BCUT2D eigenvalue weighted by atomic mass is 10.1. The predicted octanol–water partition coefficient (Wildman–Crippen LogP) is 1.54. The third-order valence-corrected chi connectivity index (χ3v) is 6.03. The summed E-state index contributed by atoms with van der Waals surface area (Å²) in [6.07, 6.45) is 5.69. The zero-order valence-corrected chi connectivity index (χ0v) is 14.3. The average Bonchev–Trinajstić information content (AvgIpc) is 3.06. The Morgan fingerprint density at radius 1 is 1.20 bits per heavy atom. The summed E-state index contributed by atoms with van der Waals surface area (Å²) in [6, 6.07) is 7.15. The fourth-order valence-corrected chi connectivity index (χ4v) is 4.49. The number of H-pyrrole nitrogens is 1. The van der Waals surface area contributed by atoms with E-state index < -0.39 is 10.0 Å². The first-order valence-corrected chi connectivity index (χ1v) is 9.68. The third kappa shape index (κ3) is 2.87. The van der Waals surface area contributed by atoms with E-state index in [0.717, 1.165) is 42.5 Å². The lowest BCUT2D eigenvalue weighted by molar-refractivity contribution is 0.480. The van der Waals surface area contributed by atoms with Crippen LogP contribution in [0, 0.1) is 0 Å². The van der Waals surface area contributed by atoms with Crippen molar-refractivity contribution >= 4 is 20.8 Å². The number of aryl methyl sites for hydroxylation is 1. The average molecular weight is 358 g/mol. The van der Waals surface area contributed by atoms with Crippen LogP contribution in [0.4, 0.5) is 0 Å². The molecule has 3 aromatic rings. The Labute approximate surface area is 144 Å². The molecule has 2 N–H and O–H groups in total. The van der Waals surface area contributed by atoms with Gasteiger partial charge in [0.2, 0.25) is 10.0 Å². The second-order valence-corrected chi connectivity index (χ2v) is 7.88. The van der Waals surface area contributed by atoms with Crippen LogP contribution < -0.4 is 10.3 Å². The standard InChI is InChI=1S/C17H18N4O3S/c22-17-14-6-2-1-5-13(14)12(9-18-17)10-20-25(23,24)16-11-19-21-8-4-3-7-15(16)21/h1-2,5-6,9,11,20H,3-4,7-8,10H2,(H,18,22). The van der Waals surface area contributed by atoms with Crippen LogP contribution in [0.15, 0.2) is 46.3 Å². The predicted molar refractivity (Wildman–Crippen MR) is 93.8 cm³/mol. The van der Waals surface area contributed by atoms with Gasteiger partial charge in [-0.05, 0) is 36.3 Å². The van der Waals surface area contributed by atoms with Gasteiger partial charge in [-0.25, -0.2) is 13.1 Å². The van der Waals surface area contributed by atoms with Gasteiger partial charge in [-0.1, -0.05) is 18.2 Å². The molecule has 3 heterocycles. The summed E-state index contributed by atoms with van der Waals surface area (Å²) in [7, 11) is -3.66. The van der Waals surface area contributed by atoms with Gasteiger partial charge < -0.3 is 4.98 Å². The highest BCUT2D eigenvalue weighted by Gasteiger charge is 2.24. The lowest BCUT2D eigenvalue weighted by Gasteiger charge is -2.15.